The van der Waals surface area contributed by atoms with Gasteiger partial charge in [0.15, 0.2) is 0 Å². The van der Waals surface area contributed by atoms with E-state index in [2.05, 4.69) is 37.1 Å². The molecule has 0 radical (unpaired) electrons. The molecule has 2 bridgehead atoms. The molecular formula is C17H26N2O. The highest BCUT2D eigenvalue weighted by molar-refractivity contribution is 5.25. The van der Waals surface area contributed by atoms with Crippen molar-refractivity contribution in [3.8, 4) is 5.88 Å². The van der Waals surface area contributed by atoms with Gasteiger partial charge < -0.3 is 10.1 Å². The van der Waals surface area contributed by atoms with Crippen molar-refractivity contribution in [3.63, 3.8) is 0 Å². The fraction of sp³-hybridized carbons (Fsp3) is 0.706. The lowest BCUT2D eigenvalue weighted by molar-refractivity contribution is 0.107. The van der Waals surface area contributed by atoms with Gasteiger partial charge in [-0.05, 0) is 42.1 Å². The molecule has 2 saturated carbocycles. The Bertz CT molecular complexity index is 495. The highest BCUT2D eigenvalue weighted by atomic mass is 16.5. The van der Waals surface area contributed by atoms with Gasteiger partial charge in [-0.3, -0.25) is 0 Å². The van der Waals surface area contributed by atoms with Crippen molar-refractivity contribution >= 4 is 0 Å². The summed E-state index contributed by atoms with van der Waals surface area (Å²) in [5.74, 6) is 1.62. The first-order valence-electron chi connectivity index (χ1n) is 7.68. The van der Waals surface area contributed by atoms with Crippen LogP contribution in [-0.2, 0) is 6.54 Å². The van der Waals surface area contributed by atoms with Crippen LogP contribution in [0.15, 0.2) is 18.3 Å². The normalized spacial score (nSPS) is 34.4. The molecule has 1 heterocycles. The number of hydrogen-bond donors (Lipinski definition) is 1. The second-order valence-corrected chi connectivity index (χ2v) is 7.40. The quantitative estimate of drug-likeness (QED) is 0.914. The lowest BCUT2D eigenvalue weighted by Gasteiger charge is -2.43. The predicted molar refractivity (Wildman–Crippen MR) is 80.6 cm³/mol. The van der Waals surface area contributed by atoms with Crippen molar-refractivity contribution in [3.05, 3.63) is 23.9 Å². The Kier molecular flexibility index (Phi) is 3.28. The minimum absolute atomic E-state index is 0.391. The molecule has 2 fully saturated rings. The predicted octanol–water partition coefficient (Wildman–Crippen LogP) is 3.39. The molecule has 2 aliphatic rings. The van der Waals surface area contributed by atoms with E-state index in [1.54, 1.807) is 13.3 Å². The molecule has 3 rings (SSSR count). The van der Waals surface area contributed by atoms with Crippen molar-refractivity contribution in [1.82, 2.24) is 10.3 Å². The largest absolute Gasteiger partial charge is 0.481 e. The summed E-state index contributed by atoms with van der Waals surface area (Å²) in [4.78, 5) is 4.28. The van der Waals surface area contributed by atoms with Gasteiger partial charge in [0.25, 0.3) is 0 Å². The second kappa shape index (κ2) is 4.73. The van der Waals surface area contributed by atoms with E-state index in [0.29, 0.717) is 16.9 Å². The number of nitrogens with one attached hydrogen (secondary N) is 1. The van der Waals surface area contributed by atoms with Gasteiger partial charge in [0, 0.05) is 24.3 Å². The topological polar surface area (TPSA) is 34.1 Å². The van der Waals surface area contributed by atoms with Crippen LogP contribution in [-0.4, -0.2) is 18.1 Å². The molecule has 1 N–H and O–H groups in total. The third-order valence-electron chi connectivity index (χ3n) is 5.81. The average molecular weight is 274 g/mol. The van der Waals surface area contributed by atoms with Gasteiger partial charge in [-0.15, -0.1) is 0 Å². The summed E-state index contributed by atoms with van der Waals surface area (Å²) in [6, 6.07) is 4.66. The highest BCUT2D eigenvalue weighted by Gasteiger charge is 2.58. The first-order valence-corrected chi connectivity index (χ1v) is 7.68. The number of hydrogen-bond acceptors (Lipinski definition) is 3. The number of methoxy groups -OCH3 is 1. The number of ether oxygens (including phenoxy) is 1. The Morgan fingerprint density at radius 2 is 2.20 bits per heavy atom. The Morgan fingerprint density at radius 3 is 2.85 bits per heavy atom. The van der Waals surface area contributed by atoms with Crippen LogP contribution in [0.1, 0.15) is 45.6 Å². The second-order valence-electron chi connectivity index (χ2n) is 7.40. The third-order valence-corrected chi connectivity index (χ3v) is 5.81. The molecule has 3 atom stereocenters. The molecule has 3 heteroatoms. The average Bonchev–Trinajstić information content (AvgIpc) is 2.90. The maximum atomic E-state index is 5.35. The van der Waals surface area contributed by atoms with Crippen molar-refractivity contribution in [2.24, 2.45) is 16.7 Å². The van der Waals surface area contributed by atoms with Crippen LogP contribution in [0, 0.1) is 16.7 Å². The number of pyridine rings is 1. The molecule has 0 saturated heterocycles. The van der Waals surface area contributed by atoms with Gasteiger partial charge in [0.2, 0.25) is 5.88 Å². The van der Waals surface area contributed by atoms with E-state index in [0.717, 1.165) is 23.9 Å². The Hall–Kier alpha value is -1.09. The van der Waals surface area contributed by atoms with E-state index >= 15 is 0 Å². The fourth-order valence-electron chi connectivity index (χ4n) is 4.77. The van der Waals surface area contributed by atoms with E-state index in [4.69, 9.17) is 4.74 Å². The summed E-state index contributed by atoms with van der Waals surface area (Å²) >= 11 is 0. The zero-order valence-corrected chi connectivity index (χ0v) is 13.1. The summed E-state index contributed by atoms with van der Waals surface area (Å²) in [7, 11) is 1.69. The maximum Gasteiger partial charge on any atom is 0.217 e. The van der Waals surface area contributed by atoms with Gasteiger partial charge in [-0.25, -0.2) is 4.98 Å². The van der Waals surface area contributed by atoms with E-state index < -0.39 is 0 Å². The summed E-state index contributed by atoms with van der Waals surface area (Å²) in [5, 5.41) is 3.81. The van der Waals surface area contributed by atoms with Crippen LogP contribution in [0.25, 0.3) is 0 Å². The molecule has 0 aromatic carbocycles. The SMILES string of the molecule is COc1ncccc1CNC1C2(C)CCC(C2)C1(C)C. The molecule has 0 aliphatic heterocycles. The van der Waals surface area contributed by atoms with Gasteiger partial charge in [0.05, 0.1) is 7.11 Å². The molecule has 0 amide bonds. The van der Waals surface area contributed by atoms with Gasteiger partial charge in [-0.2, -0.15) is 0 Å². The molecule has 2 aliphatic carbocycles. The number of nitrogens with zero attached hydrogens (tertiary/aromatic N) is 1. The van der Waals surface area contributed by atoms with E-state index in [1.807, 2.05) is 6.07 Å². The molecule has 0 spiro atoms. The number of rotatable bonds is 4. The highest BCUT2D eigenvalue weighted by Crippen LogP contribution is 2.62. The maximum absolute atomic E-state index is 5.35. The number of aromatic nitrogens is 1. The Labute approximate surface area is 122 Å². The van der Waals surface area contributed by atoms with E-state index in [1.165, 1.54) is 19.3 Å². The monoisotopic (exact) mass is 274 g/mol. The Morgan fingerprint density at radius 1 is 1.40 bits per heavy atom. The first kappa shape index (κ1) is 13.9. The lowest BCUT2D eigenvalue weighted by atomic mass is 9.68. The van der Waals surface area contributed by atoms with Crippen LogP contribution in [0.4, 0.5) is 0 Å². The van der Waals surface area contributed by atoms with Gasteiger partial charge in [-0.1, -0.05) is 26.8 Å². The Balaban J connectivity index is 1.75. The van der Waals surface area contributed by atoms with Crippen LogP contribution in [0.5, 0.6) is 5.88 Å². The minimum Gasteiger partial charge on any atom is -0.481 e. The zero-order valence-electron chi connectivity index (χ0n) is 13.1. The number of fused-ring (bicyclic) bond motifs is 2. The van der Waals surface area contributed by atoms with Crippen LogP contribution < -0.4 is 10.1 Å². The molecule has 3 nitrogen and oxygen atoms in total. The lowest BCUT2D eigenvalue weighted by Crippen LogP contribution is -2.49. The summed E-state index contributed by atoms with van der Waals surface area (Å²) in [6.45, 7) is 8.16. The molecule has 3 unspecified atom stereocenters. The standard InChI is InChI=1S/C17H26N2O/c1-16(2)13-7-8-17(3,10-13)15(16)19-11-12-6-5-9-18-14(12)20-4/h5-6,9,13,15,19H,7-8,10-11H2,1-4H3. The molecule has 20 heavy (non-hydrogen) atoms. The first-order chi connectivity index (χ1) is 9.47. The summed E-state index contributed by atoms with van der Waals surface area (Å²) < 4.78 is 5.35. The molecule has 1 aromatic rings. The zero-order chi connectivity index (χ0) is 14.4. The summed E-state index contributed by atoms with van der Waals surface area (Å²) in [6.07, 6.45) is 5.92. The van der Waals surface area contributed by atoms with Crippen molar-refractivity contribution in [1.29, 1.82) is 0 Å². The molecule has 1 aromatic heterocycles. The van der Waals surface area contributed by atoms with E-state index in [9.17, 15) is 0 Å². The minimum atomic E-state index is 0.391. The van der Waals surface area contributed by atoms with Crippen molar-refractivity contribution in [2.75, 3.05) is 7.11 Å². The summed E-state index contributed by atoms with van der Waals surface area (Å²) in [5.41, 5.74) is 2.00. The van der Waals surface area contributed by atoms with Crippen molar-refractivity contribution in [2.45, 2.75) is 52.6 Å². The van der Waals surface area contributed by atoms with Crippen LogP contribution in [0.3, 0.4) is 0 Å². The molecule has 110 valence electrons. The van der Waals surface area contributed by atoms with Crippen LogP contribution in [0.2, 0.25) is 0 Å². The van der Waals surface area contributed by atoms with Gasteiger partial charge >= 0.3 is 0 Å². The third kappa shape index (κ3) is 2.03. The smallest absolute Gasteiger partial charge is 0.217 e. The van der Waals surface area contributed by atoms with Crippen molar-refractivity contribution < 1.29 is 4.74 Å². The van der Waals surface area contributed by atoms with Gasteiger partial charge in [0.1, 0.15) is 0 Å². The fourth-order valence-corrected chi connectivity index (χ4v) is 4.77. The van der Waals surface area contributed by atoms with Crippen LogP contribution >= 0.6 is 0 Å². The van der Waals surface area contributed by atoms with E-state index in [-0.39, 0.29) is 0 Å². The molecular weight excluding hydrogens is 248 g/mol.